The molecular formula is C19H19ClN4O. The number of rotatable bonds is 1. The third-order valence-corrected chi connectivity index (χ3v) is 4.09. The second-order valence-electron chi connectivity index (χ2n) is 5.37. The van der Waals surface area contributed by atoms with Gasteiger partial charge in [0.15, 0.2) is 5.76 Å². The summed E-state index contributed by atoms with van der Waals surface area (Å²) >= 11 is 5.99. The largest absolute Gasteiger partial charge is 0.384 e. The first-order valence-electron chi connectivity index (χ1n) is 8.16. The van der Waals surface area contributed by atoms with Crippen molar-refractivity contribution in [2.75, 3.05) is 5.73 Å². The van der Waals surface area contributed by atoms with Gasteiger partial charge in [-0.2, -0.15) is 0 Å². The van der Waals surface area contributed by atoms with Gasteiger partial charge >= 0.3 is 0 Å². The highest BCUT2D eigenvalue weighted by atomic mass is 35.5. The number of nitrogens with zero attached hydrogens (tertiary/aromatic N) is 3. The van der Waals surface area contributed by atoms with Crippen molar-refractivity contribution in [2.45, 2.75) is 27.3 Å². The summed E-state index contributed by atoms with van der Waals surface area (Å²) in [6.07, 6.45) is 0. The average molecular weight is 355 g/mol. The highest BCUT2D eigenvalue weighted by molar-refractivity contribution is 6.30. The number of pyridine rings is 1. The molecule has 0 spiro atoms. The van der Waals surface area contributed by atoms with Gasteiger partial charge in [0, 0.05) is 16.1 Å². The molecule has 3 heterocycles. The van der Waals surface area contributed by atoms with Gasteiger partial charge in [0.2, 0.25) is 0 Å². The van der Waals surface area contributed by atoms with Crippen molar-refractivity contribution in [3.63, 3.8) is 0 Å². The number of benzene rings is 1. The second kappa shape index (κ2) is 7.07. The molecule has 0 unspecified atom stereocenters. The zero-order valence-electron chi connectivity index (χ0n) is 14.4. The minimum atomic E-state index is 0.407. The third kappa shape index (κ3) is 3.15. The molecule has 3 aromatic rings. The molecule has 25 heavy (non-hydrogen) atoms. The smallest absolute Gasteiger partial charge is 0.166 e. The van der Waals surface area contributed by atoms with Gasteiger partial charge in [0.1, 0.15) is 12.4 Å². The van der Waals surface area contributed by atoms with Gasteiger partial charge in [-0.15, -0.1) is 0 Å². The van der Waals surface area contributed by atoms with Gasteiger partial charge in [-0.1, -0.05) is 42.7 Å². The van der Waals surface area contributed by atoms with Crippen molar-refractivity contribution in [2.24, 2.45) is 4.99 Å². The van der Waals surface area contributed by atoms with Gasteiger partial charge in [0.25, 0.3) is 0 Å². The third-order valence-electron chi connectivity index (χ3n) is 3.84. The molecule has 5 nitrogen and oxygen atoms in total. The summed E-state index contributed by atoms with van der Waals surface area (Å²) in [4.78, 5) is 9.20. The van der Waals surface area contributed by atoms with Crippen LogP contribution in [0, 0.1) is 6.92 Å². The van der Waals surface area contributed by atoms with E-state index in [-0.39, 0.29) is 0 Å². The maximum Gasteiger partial charge on any atom is 0.166 e. The van der Waals surface area contributed by atoms with Crippen LogP contribution >= 0.6 is 11.6 Å². The molecule has 2 N–H and O–H groups in total. The van der Waals surface area contributed by atoms with Crippen LogP contribution in [0.25, 0.3) is 11.1 Å². The Morgan fingerprint density at radius 2 is 1.80 bits per heavy atom. The monoisotopic (exact) mass is 354 g/mol. The Kier molecular flexibility index (Phi) is 4.86. The predicted octanol–water partition coefficient (Wildman–Crippen LogP) is 4.66. The van der Waals surface area contributed by atoms with E-state index in [0.29, 0.717) is 17.4 Å². The van der Waals surface area contributed by atoms with E-state index in [2.05, 4.69) is 15.1 Å². The van der Waals surface area contributed by atoms with Crippen molar-refractivity contribution in [3.8, 4) is 11.1 Å². The van der Waals surface area contributed by atoms with Crippen molar-refractivity contribution in [3.05, 3.63) is 64.1 Å². The number of aliphatic imine (C=N–C) groups is 1. The number of nitrogens with two attached hydrogens (primary N) is 1. The van der Waals surface area contributed by atoms with Crippen LogP contribution in [-0.2, 0) is 6.54 Å². The van der Waals surface area contributed by atoms with E-state index in [1.54, 1.807) is 6.07 Å². The van der Waals surface area contributed by atoms with Gasteiger partial charge in [0.05, 0.1) is 22.7 Å². The molecule has 1 aliphatic heterocycles. The fraction of sp³-hybridized carbons (Fsp3) is 0.211. The Morgan fingerprint density at radius 3 is 2.52 bits per heavy atom. The number of aromatic nitrogens is 2. The van der Waals surface area contributed by atoms with Crippen molar-refractivity contribution in [1.82, 2.24) is 10.1 Å². The van der Waals surface area contributed by atoms with E-state index in [1.807, 2.05) is 51.1 Å². The van der Waals surface area contributed by atoms with Crippen molar-refractivity contribution in [1.29, 1.82) is 0 Å². The molecule has 128 valence electrons. The summed E-state index contributed by atoms with van der Waals surface area (Å²) in [5, 5.41) is 4.73. The van der Waals surface area contributed by atoms with Crippen LogP contribution in [-0.4, -0.2) is 15.9 Å². The van der Waals surface area contributed by atoms with E-state index in [9.17, 15) is 0 Å². The lowest BCUT2D eigenvalue weighted by Crippen LogP contribution is -2.09. The molecule has 0 aliphatic carbocycles. The topological polar surface area (TPSA) is 77.3 Å². The molecule has 0 amide bonds. The van der Waals surface area contributed by atoms with E-state index in [4.69, 9.17) is 21.9 Å². The molecule has 2 aromatic heterocycles. The second-order valence-corrected chi connectivity index (χ2v) is 5.81. The van der Waals surface area contributed by atoms with Gasteiger partial charge in [-0.05, 0) is 31.2 Å². The number of fused-ring (bicyclic) bond motifs is 3. The van der Waals surface area contributed by atoms with Gasteiger partial charge in [-0.25, -0.2) is 4.98 Å². The van der Waals surface area contributed by atoms with Gasteiger partial charge < -0.3 is 10.3 Å². The Hall–Kier alpha value is -2.66. The molecular weight excluding hydrogens is 336 g/mol. The zero-order valence-corrected chi connectivity index (χ0v) is 15.1. The number of halogens is 1. The average Bonchev–Trinajstić information content (AvgIpc) is 2.91. The predicted molar refractivity (Wildman–Crippen MR) is 101 cm³/mol. The van der Waals surface area contributed by atoms with Crippen LogP contribution in [0.5, 0.6) is 0 Å². The number of nitrogen functional groups attached to an aromatic ring is 1. The van der Waals surface area contributed by atoms with Crippen LogP contribution in [0.4, 0.5) is 5.82 Å². The van der Waals surface area contributed by atoms with E-state index in [0.717, 1.165) is 39.6 Å². The molecule has 0 radical (unpaired) electrons. The normalized spacial score (nSPS) is 12.2. The molecule has 0 bridgehead atoms. The van der Waals surface area contributed by atoms with Crippen molar-refractivity contribution >= 4 is 23.1 Å². The standard InChI is InChI=1S/C17H13ClN4O.C2H6/c1-9-15-12-6-7-14(19)21-17(12)16(20-8-13(15)23-22-9)10-2-4-11(18)5-3-10;1-2/h2-7H,8H2,1H3,(H2,19,21);1-2H3. The Balaban J connectivity index is 0.000000880. The van der Waals surface area contributed by atoms with E-state index in [1.165, 1.54) is 0 Å². The summed E-state index contributed by atoms with van der Waals surface area (Å²) in [7, 11) is 0. The zero-order chi connectivity index (χ0) is 18.0. The summed E-state index contributed by atoms with van der Waals surface area (Å²) in [6.45, 7) is 6.32. The first-order valence-corrected chi connectivity index (χ1v) is 8.54. The lowest BCUT2D eigenvalue weighted by atomic mass is 9.98. The molecule has 0 fully saturated rings. The van der Waals surface area contributed by atoms with Crippen LogP contribution < -0.4 is 5.73 Å². The number of anilines is 1. The number of aryl methyl sites for hydroxylation is 1. The Morgan fingerprint density at radius 1 is 1.08 bits per heavy atom. The SMILES string of the molecule is CC.Cc1noc2c1-c1ccc(N)nc1C(c1ccc(Cl)cc1)=NC2. The number of hydrogen-bond donors (Lipinski definition) is 1. The molecule has 1 aliphatic rings. The fourth-order valence-corrected chi connectivity index (χ4v) is 2.91. The summed E-state index contributed by atoms with van der Waals surface area (Å²) in [6, 6.07) is 11.2. The van der Waals surface area contributed by atoms with Crippen LogP contribution in [0.15, 0.2) is 45.9 Å². The fourth-order valence-electron chi connectivity index (χ4n) is 2.79. The van der Waals surface area contributed by atoms with Gasteiger partial charge in [-0.3, -0.25) is 4.99 Å². The summed E-state index contributed by atoms with van der Waals surface area (Å²) in [5.74, 6) is 1.18. The maximum atomic E-state index is 5.99. The van der Waals surface area contributed by atoms with Crippen LogP contribution in [0.1, 0.15) is 36.6 Å². The first-order chi connectivity index (χ1) is 12.1. The molecule has 6 heteroatoms. The summed E-state index contributed by atoms with van der Waals surface area (Å²) in [5.41, 5.74) is 11.0. The maximum absolute atomic E-state index is 5.99. The van der Waals surface area contributed by atoms with Crippen molar-refractivity contribution < 1.29 is 4.52 Å². The molecule has 0 saturated heterocycles. The van der Waals surface area contributed by atoms with Crippen LogP contribution in [0.2, 0.25) is 5.02 Å². The summed E-state index contributed by atoms with van der Waals surface area (Å²) < 4.78 is 5.42. The lowest BCUT2D eigenvalue weighted by molar-refractivity contribution is 0.382. The minimum Gasteiger partial charge on any atom is -0.384 e. The highest BCUT2D eigenvalue weighted by Gasteiger charge is 2.25. The highest BCUT2D eigenvalue weighted by Crippen LogP contribution is 2.34. The molecule has 1 aromatic carbocycles. The lowest BCUT2D eigenvalue weighted by Gasteiger charge is -2.10. The molecule has 0 atom stereocenters. The molecule has 4 rings (SSSR count). The Labute approximate surface area is 151 Å². The molecule has 0 saturated carbocycles. The quantitative estimate of drug-likeness (QED) is 0.689. The minimum absolute atomic E-state index is 0.407. The Bertz CT molecular complexity index is 929. The first kappa shape index (κ1) is 17.2. The van der Waals surface area contributed by atoms with E-state index >= 15 is 0 Å². The number of hydrogen-bond acceptors (Lipinski definition) is 5. The van der Waals surface area contributed by atoms with Crippen LogP contribution in [0.3, 0.4) is 0 Å². The van der Waals surface area contributed by atoms with E-state index < -0.39 is 0 Å².